The van der Waals surface area contributed by atoms with E-state index < -0.39 is 0 Å². The molecule has 0 aliphatic carbocycles. The number of alkyl halides is 1. The maximum absolute atomic E-state index is 6.32. The van der Waals surface area contributed by atoms with Crippen LogP contribution in [0.15, 0.2) is 12.4 Å². The average molecular weight is 270 g/mol. The Morgan fingerprint density at radius 2 is 2.22 bits per heavy atom. The average Bonchev–Trinajstić information content (AvgIpc) is 2.32. The predicted molar refractivity (Wildman–Crippen MR) is 73.4 cm³/mol. The molecule has 1 aromatic rings. The largest absolute Gasteiger partial charge is 0.475 e. The molecule has 0 radical (unpaired) electrons. The van der Waals surface area contributed by atoms with Gasteiger partial charge in [-0.05, 0) is 26.2 Å². The van der Waals surface area contributed by atoms with E-state index in [-0.39, 0.29) is 11.5 Å². The van der Waals surface area contributed by atoms with Gasteiger partial charge in [0.05, 0.1) is 11.5 Å². The number of ether oxygens (including phenoxy) is 1. The predicted octanol–water partition coefficient (Wildman–Crippen LogP) is 2.72. The first-order valence-electron chi connectivity index (χ1n) is 6.44. The monoisotopic (exact) mass is 269 g/mol. The fraction of sp³-hybridized carbons (Fsp3) is 0.692. The van der Waals surface area contributed by atoms with Crippen molar-refractivity contribution in [2.24, 2.45) is 5.92 Å². The van der Waals surface area contributed by atoms with E-state index in [2.05, 4.69) is 21.8 Å². The van der Waals surface area contributed by atoms with E-state index in [1.54, 1.807) is 6.33 Å². The first-order valence-corrected chi connectivity index (χ1v) is 6.87. The molecule has 1 aliphatic rings. The summed E-state index contributed by atoms with van der Waals surface area (Å²) < 4.78 is 5.58. The van der Waals surface area contributed by atoms with Crippen molar-refractivity contribution in [2.45, 2.75) is 38.7 Å². The summed E-state index contributed by atoms with van der Waals surface area (Å²) in [5, 5.41) is 0.184. The van der Waals surface area contributed by atoms with E-state index >= 15 is 0 Å². The van der Waals surface area contributed by atoms with Crippen LogP contribution >= 0.6 is 11.6 Å². The number of rotatable bonds is 3. The van der Waals surface area contributed by atoms with Gasteiger partial charge in [-0.2, -0.15) is 0 Å². The lowest BCUT2D eigenvalue weighted by atomic mass is 9.99. The van der Waals surface area contributed by atoms with Crippen LogP contribution in [-0.4, -0.2) is 34.5 Å². The molecular weight excluding hydrogens is 250 g/mol. The van der Waals surface area contributed by atoms with Crippen LogP contribution in [0.1, 0.15) is 27.2 Å². The molecule has 100 valence electrons. The number of anilines is 1. The van der Waals surface area contributed by atoms with Crippen LogP contribution in [0.5, 0.6) is 5.88 Å². The van der Waals surface area contributed by atoms with Gasteiger partial charge in [-0.15, -0.1) is 11.6 Å². The van der Waals surface area contributed by atoms with Gasteiger partial charge in [0.1, 0.15) is 12.1 Å². The zero-order valence-electron chi connectivity index (χ0n) is 11.1. The third-order valence-electron chi connectivity index (χ3n) is 3.17. The highest BCUT2D eigenvalue weighted by Crippen LogP contribution is 2.26. The highest BCUT2D eigenvalue weighted by Gasteiger charge is 2.25. The van der Waals surface area contributed by atoms with Crippen LogP contribution in [0.4, 0.5) is 5.82 Å². The Morgan fingerprint density at radius 3 is 2.89 bits per heavy atom. The first kappa shape index (κ1) is 13.4. The molecule has 0 spiro atoms. The molecule has 1 aliphatic heterocycles. The van der Waals surface area contributed by atoms with Crippen molar-refractivity contribution in [3.05, 3.63) is 12.4 Å². The number of hydrogen-bond acceptors (Lipinski definition) is 4. The van der Waals surface area contributed by atoms with Crippen LogP contribution in [0.2, 0.25) is 0 Å². The molecule has 1 saturated heterocycles. The second-order valence-electron chi connectivity index (χ2n) is 5.11. The fourth-order valence-electron chi connectivity index (χ4n) is 2.04. The molecule has 0 bridgehead atoms. The summed E-state index contributed by atoms with van der Waals surface area (Å²) in [6.07, 6.45) is 2.77. The van der Waals surface area contributed by atoms with Gasteiger partial charge in [0.15, 0.2) is 0 Å². The van der Waals surface area contributed by atoms with Crippen molar-refractivity contribution in [3.8, 4) is 5.88 Å². The Labute approximate surface area is 113 Å². The molecule has 18 heavy (non-hydrogen) atoms. The van der Waals surface area contributed by atoms with E-state index in [4.69, 9.17) is 16.3 Å². The summed E-state index contributed by atoms with van der Waals surface area (Å²) >= 11 is 6.32. The molecule has 0 amide bonds. The third-order valence-corrected chi connectivity index (χ3v) is 3.74. The Morgan fingerprint density at radius 1 is 1.44 bits per heavy atom. The molecule has 2 heterocycles. The van der Waals surface area contributed by atoms with Crippen molar-refractivity contribution in [1.82, 2.24) is 9.97 Å². The van der Waals surface area contributed by atoms with Gasteiger partial charge in [-0.3, -0.25) is 0 Å². The minimum Gasteiger partial charge on any atom is -0.475 e. The van der Waals surface area contributed by atoms with Gasteiger partial charge in [0.2, 0.25) is 5.88 Å². The number of hydrogen-bond donors (Lipinski definition) is 0. The van der Waals surface area contributed by atoms with E-state index in [1.165, 1.54) is 0 Å². The van der Waals surface area contributed by atoms with Crippen LogP contribution in [0.3, 0.4) is 0 Å². The lowest BCUT2D eigenvalue weighted by Gasteiger charge is -2.34. The molecule has 5 heteroatoms. The Hall–Kier alpha value is -1.03. The lowest BCUT2D eigenvalue weighted by molar-refractivity contribution is 0.232. The fourth-order valence-corrected chi connectivity index (χ4v) is 2.33. The van der Waals surface area contributed by atoms with Gasteiger partial charge in [0, 0.05) is 19.2 Å². The topological polar surface area (TPSA) is 38.2 Å². The molecule has 2 unspecified atom stereocenters. The zero-order chi connectivity index (χ0) is 13.1. The third kappa shape index (κ3) is 3.25. The number of piperidine rings is 1. The summed E-state index contributed by atoms with van der Waals surface area (Å²) in [6.45, 7) is 7.99. The normalized spacial score (nSPS) is 24.4. The second kappa shape index (κ2) is 5.74. The van der Waals surface area contributed by atoms with Gasteiger partial charge in [-0.1, -0.05) is 6.92 Å². The Bertz CT molecular complexity index is 400. The highest BCUT2D eigenvalue weighted by atomic mass is 35.5. The van der Waals surface area contributed by atoms with Crippen LogP contribution < -0.4 is 9.64 Å². The minimum absolute atomic E-state index is 0.120. The molecule has 1 aromatic heterocycles. The highest BCUT2D eigenvalue weighted by molar-refractivity contribution is 6.21. The lowest BCUT2D eigenvalue weighted by Crippen LogP contribution is -2.40. The van der Waals surface area contributed by atoms with Crippen molar-refractivity contribution in [1.29, 1.82) is 0 Å². The summed E-state index contributed by atoms with van der Waals surface area (Å²) in [5.41, 5.74) is 0. The maximum atomic E-state index is 6.32. The molecule has 2 rings (SSSR count). The maximum Gasteiger partial charge on any atom is 0.218 e. The first-order chi connectivity index (χ1) is 8.56. The SMILES string of the molecule is CC(C)Oc1cc(N2CCC(C)C(Cl)C2)ncn1. The number of aromatic nitrogens is 2. The van der Waals surface area contributed by atoms with E-state index in [1.807, 2.05) is 19.9 Å². The number of nitrogens with zero attached hydrogens (tertiary/aromatic N) is 3. The molecule has 0 aromatic carbocycles. The smallest absolute Gasteiger partial charge is 0.218 e. The molecule has 2 atom stereocenters. The van der Waals surface area contributed by atoms with E-state index in [0.29, 0.717) is 11.8 Å². The zero-order valence-corrected chi connectivity index (χ0v) is 11.9. The van der Waals surface area contributed by atoms with Crippen LogP contribution in [0.25, 0.3) is 0 Å². The van der Waals surface area contributed by atoms with E-state index in [0.717, 1.165) is 25.3 Å². The molecule has 0 N–H and O–H groups in total. The minimum atomic E-state index is 0.120. The second-order valence-corrected chi connectivity index (χ2v) is 5.67. The van der Waals surface area contributed by atoms with Crippen LogP contribution in [0, 0.1) is 5.92 Å². The quantitative estimate of drug-likeness (QED) is 0.791. The van der Waals surface area contributed by atoms with Gasteiger partial charge >= 0.3 is 0 Å². The van der Waals surface area contributed by atoms with Gasteiger partial charge in [0.25, 0.3) is 0 Å². The summed E-state index contributed by atoms with van der Waals surface area (Å²) in [7, 11) is 0. The van der Waals surface area contributed by atoms with Gasteiger partial charge in [-0.25, -0.2) is 9.97 Å². The Balaban J connectivity index is 2.08. The van der Waals surface area contributed by atoms with E-state index in [9.17, 15) is 0 Å². The van der Waals surface area contributed by atoms with Crippen LogP contribution in [-0.2, 0) is 0 Å². The van der Waals surface area contributed by atoms with Crippen molar-refractivity contribution in [2.75, 3.05) is 18.0 Å². The molecule has 4 nitrogen and oxygen atoms in total. The summed E-state index contributed by atoms with van der Waals surface area (Å²) in [5.74, 6) is 2.09. The van der Waals surface area contributed by atoms with Gasteiger partial charge < -0.3 is 9.64 Å². The molecule has 1 fully saturated rings. The van der Waals surface area contributed by atoms with Crippen molar-refractivity contribution >= 4 is 17.4 Å². The summed E-state index contributed by atoms with van der Waals surface area (Å²) in [6, 6.07) is 1.89. The number of halogens is 1. The standard InChI is InChI=1S/C13H20ClN3O/c1-9(2)18-13-6-12(15-8-16-13)17-5-4-10(3)11(14)7-17/h6,8-11H,4-5,7H2,1-3H3. The Kier molecular flexibility index (Phi) is 4.27. The molecule has 0 saturated carbocycles. The molecular formula is C13H20ClN3O. The summed E-state index contributed by atoms with van der Waals surface area (Å²) in [4.78, 5) is 10.6. The van der Waals surface area contributed by atoms with Crippen molar-refractivity contribution < 1.29 is 4.74 Å². The van der Waals surface area contributed by atoms with Crippen molar-refractivity contribution in [3.63, 3.8) is 0 Å².